The second-order valence-electron chi connectivity index (χ2n) is 3.82. The third kappa shape index (κ3) is 2.78. The molecule has 1 amide bonds. The van der Waals surface area contributed by atoms with Crippen LogP contribution >= 0.6 is 11.6 Å². The molecule has 1 heterocycles. The van der Waals surface area contributed by atoms with Crippen molar-refractivity contribution in [2.24, 2.45) is 0 Å². The van der Waals surface area contributed by atoms with Gasteiger partial charge in [0.05, 0.1) is 5.02 Å². The molecule has 0 fully saturated rings. The Morgan fingerprint density at radius 1 is 1.33 bits per heavy atom. The van der Waals surface area contributed by atoms with Crippen LogP contribution in [0.5, 0.6) is 5.75 Å². The lowest BCUT2D eigenvalue weighted by atomic mass is 10.2. The summed E-state index contributed by atoms with van der Waals surface area (Å²) in [6.07, 6.45) is 1.42. The van der Waals surface area contributed by atoms with E-state index in [1.165, 1.54) is 12.3 Å². The summed E-state index contributed by atoms with van der Waals surface area (Å²) in [4.78, 5) is 15.8. The van der Waals surface area contributed by atoms with Crippen molar-refractivity contribution >= 4 is 23.2 Å². The van der Waals surface area contributed by atoms with Crippen molar-refractivity contribution in [3.05, 3.63) is 52.8 Å². The van der Waals surface area contributed by atoms with Crippen molar-refractivity contribution in [1.82, 2.24) is 4.98 Å². The first-order valence-corrected chi connectivity index (χ1v) is 5.66. The number of benzene rings is 1. The highest BCUT2D eigenvalue weighted by Gasteiger charge is 2.09. The van der Waals surface area contributed by atoms with Crippen LogP contribution in [-0.2, 0) is 0 Å². The van der Waals surface area contributed by atoms with Gasteiger partial charge in [0.1, 0.15) is 11.4 Å². The van der Waals surface area contributed by atoms with Crippen LogP contribution < -0.4 is 5.32 Å². The first-order chi connectivity index (χ1) is 8.56. The van der Waals surface area contributed by atoms with Gasteiger partial charge in [0.15, 0.2) is 0 Å². The number of phenolic OH excluding ortho intramolecular Hbond substituents is 1. The van der Waals surface area contributed by atoms with E-state index in [-0.39, 0.29) is 17.4 Å². The number of carbonyl (C=O) groups is 1. The Hall–Kier alpha value is -2.07. The van der Waals surface area contributed by atoms with Crippen molar-refractivity contribution in [2.75, 3.05) is 5.32 Å². The molecule has 5 heteroatoms. The van der Waals surface area contributed by atoms with Gasteiger partial charge in [-0.1, -0.05) is 11.6 Å². The van der Waals surface area contributed by atoms with Crippen LogP contribution in [0.1, 0.15) is 16.1 Å². The summed E-state index contributed by atoms with van der Waals surface area (Å²) in [5.41, 5.74) is 1.69. The Balaban J connectivity index is 2.18. The third-order valence-corrected chi connectivity index (χ3v) is 2.64. The molecule has 0 aliphatic rings. The fourth-order valence-corrected chi connectivity index (χ4v) is 1.60. The van der Waals surface area contributed by atoms with Crippen LogP contribution in [0.25, 0.3) is 0 Å². The largest absolute Gasteiger partial charge is 0.508 e. The fraction of sp³-hybridized carbons (Fsp3) is 0.0769. The zero-order chi connectivity index (χ0) is 13.1. The van der Waals surface area contributed by atoms with Crippen molar-refractivity contribution in [1.29, 1.82) is 0 Å². The van der Waals surface area contributed by atoms with Crippen LogP contribution in [0.3, 0.4) is 0 Å². The molecule has 4 nitrogen and oxygen atoms in total. The topological polar surface area (TPSA) is 62.2 Å². The number of aryl methyl sites for hydroxylation is 1. The maximum atomic E-state index is 11.9. The standard InChI is InChI=1S/C13H11ClN2O2/c1-8-6-10(17)3-5-11(8)16-13(18)12-4-2-9(14)7-15-12/h2-7,17H,1H3,(H,16,18). The number of phenols is 1. The maximum Gasteiger partial charge on any atom is 0.274 e. The zero-order valence-corrected chi connectivity index (χ0v) is 10.4. The van der Waals surface area contributed by atoms with Gasteiger partial charge in [-0.15, -0.1) is 0 Å². The molecule has 0 aliphatic heterocycles. The van der Waals surface area contributed by atoms with E-state index in [0.29, 0.717) is 10.7 Å². The van der Waals surface area contributed by atoms with Gasteiger partial charge in [-0.25, -0.2) is 4.98 Å². The zero-order valence-electron chi connectivity index (χ0n) is 9.64. The Bertz CT molecular complexity index is 582. The van der Waals surface area contributed by atoms with E-state index < -0.39 is 0 Å². The van der Waals surface area contributed by atoms with Gasteiger partial charge in [-0.3, -0.25) is 4.79 Å². The summed E-state index contributed by atoms with van der Waals surface area (Å²) in [5.74, 6) is -0.157. The molecule has 18 heavy (non-hydrogen) atoms. The second kappa shape index (κ2) is 5.06. The van der Waals surface area contributed by atoms with E-state index in [1.807, 2.05) is 0 Å². The summed E-state index contributed by atoms with van der Waals surface area (Å²) < 4.78 is 0. The van der Waals surface area contributed by atoms with E-state index in [2.05, 4.69) is 10.3 Å². The van der Waals surface area contributed by atoms with Crippen molar-refractivity contribution in [2.45, 2.75) is 6.92 Å². The number of pyridine rings is 1. The SMILES string of the molecule is Cc1cc(O)ccc1NC(=O)c1ccc(Cl)cn1. The number of carbonyl (C=O) groups excluding carboxylic acids is 1. The molecular weight excluding hydrogens is 252 g/mol. The lowest BCUT2D eigenvalue weighted by Gasteiger charge is -2.08. The number of hydrogen-bond donors (Lipinski definition) is 2. The number of halogens is 1. The quantitative estimate of drug-likeness (QED) is 0.818. The van der Waals surface area contributed by atoms with Gasteiger partial charge in [-0.05, 0) is 42.8 Å². The highest BCUT2D eigenvalue weighted by atomic mass is 35.5. The Kier molecular flexibility index (Phi) is 3.48. The Labute approximate surface area is 109 Å². The van der Waals surface area contributed by atoms with E-state index >= 15 is 0 Å². The molecule has 1 aromatic heterocycles. The van der Waals surface area contributed by atoms with E-state index in [0.717, 1.165) is 5.56 Å². The molecule has 0 unspecified atom stereocenters. The number of amides is 1. The number of rotatable bonds is 2. The molecule has 0 bridgehead atoms. The highest BCUT2D eigenvalue weighted by molar-refractivity contribution is 6.30. The average Bonchev–Trinajstić information content (AvgIpc) is 2.33. The van der Waals surface area contributed by atoms with Gasteiger partial charge in [-0.2, -0.15) is 0 Å². The van der Waals surface area contributed by atoms with Crippen LogP contribution in [0, 0.1) is 6.92 Å². The first kappa shape index (κ1) is 12.4. The van der Waals surface area contributed by atoms with Gasteiger partial charge in [0, 0.05) is 11.9 Å². The van der Waals surface area contributed by atoms with Gasteiger partial charge >= 0.3 is 0 Å². The summed E-state index contributed by atoms with van der Waals surface area (Å²) >= 11 is 5.70. The first-order valence-electron chi connectivity index (χ1n) is 5.29. The molecule has 2 rings (SSSR count). The molecule has 0 radical (unpaired) electrons. The minimum absolute atomic E-state index is 0.162. The number of aromatic nitrogens is 1. The third-order valence-electron chi connectivity index (χ3n) is 2.42. The summed E-state index contributed by atoms with van der Waals surface area (Å²) in [7, 11) is 0. The van der Waals surface area contributed by atoms with Crippen molar-refractivity contribution in [3.63, 3.8) is 0 Å². The number of anilines is 1. The summed E-state index contributed by atoms with van der Waals surface area (Å²) in [6.45, 7) is 1.80. The fourth-order valence-electron chi connectivity index (χ4n) is 1.48. The predicted molar refractivity (Wildman–Crippen MR) is 70.0 cm³/mol. The van der Waals surface area contributed by atoms with Crippen LogP contribution in [0.15, 0.2) is 36.5 Å². The van der Waals surface area contributed by atoms with Gasteiger partial charge < -0.3 is 10.4 Å². The molecule has 92 valence electrons. The average molecular weight is 263 g/mol. The number of nitrogens with one attached hydrogen (secondary N) is 1. The smallest absolute Gasteiger partial charge is 0.274 e. The molecule has 2 N–H and O–H groups in total. The van der Waals surface area contributed by atoms with E-state index in [1.54, 1.807) is 31.2 Å². The van der Waals surface area contributed by atoms with Gasteiger partial charge in [0.25, 0.3) is 5.91 Å². The Morgan fingerprint density at radius 3 is 2.72 bits per heavy atom. The van der Waals surface area contributed by atoms with Crippen molar-refractivity contribution in [3.8, 4) is 5.75 Å². The monoisotopic (exact) mass is 262 g/mol. The molecule has 0 atom stereocenters. The lowest BCUT2D eigenvalue weighted by Crippen LogP contribution is -2.14. The van der Waals surface area contributed by atoms with Crippen molar-refractivity contribution < 1.29 is 9.90 Å². The van der Waals surface area contributed by atoms with E-state index in [4.69, 9.17) is 11.6 Å². The van der Waals surface area contributed by atoms with Crippen LogP contribution in [-0.4, -0.2) is 16.0 Å². The maximum absolute atomic E-state index is 11.9. The molecular formula is C13H11ClN2O2. The van der Waals surface area contributed by atoms with Crippen LogP contribution in [0.2, 0.25) is 5.02 Å². The molecule has 0 aliphatic carbocycles. The summed E-state index contributed by atoms with van der Waals surface area (Å²) in [5, 5.41) is 12.5. The highest BCUT2D eigenvalue weighted by Crippen LogP contribution is 2.20. The number of hydrogen-bond acceptors (Lipinski definition) is 3. The van der Waals surface area contributed by atoms with Crippen LogP contribution in [0.4, 0.5) is 5.69 Å². The predicted octanol–water partition coefficient (Wildman–Crippen LogP) is 3.00. The lowest BCUT2D eigenvalue weighted by molar-refractivity contribution is 0.102. The number of nitrogens with zero attached hydrogens (tertiary/aromatic N) is 1. The molecule has 1 aromatic carbocycles. The molecule has 2 aromatic rings. The normalized spacial score (nSPS) is 10.1. The second-order valence-corrected chi connectivity index (χ2v) is 4.25. The van der Waals surface area contributed by atoms with Gasteiger partial charge in [0.2, 0.25) is 0 Å². The number of aromatic hydroxyl groups is 1. The summed E-state index contributed by atoms with van der Waals surface area (Å²) in [6, 6.07) is 7.88. The Morgan fingerprint density at radius 2 is 2.11 bits per heavy atom. The molecule has 0 saturated carbocycles. The minimum atomic E-state index is -0.319. The molecule has 0 saturated heterocycles. The van der Waals surface area contributed by atoms with E-state index in [9.17, 15) is 9.90 Å². The minimum Gasteiger partial charge on any atom is -0.508 e. The molecule has 0 spiro atoms.